The molecule has 0 radical (unpaired) electrons. The van der Waals surface area contributed by atoms with Crippen molar-refractivity contribution in [3.8, 4) is 0 Å². The monoisotopic (exact) mass is 584 g/mol. The molecule has 1 aliphatic rings. The van der Waals surface area contributed by atoms with E-state index in [2.05, 4.69) is 5.32 Å². The molecular weight excluding hydrogens is 536 g/mol. The molecule has 1 rings (SSSR count). The van der Waals surface area contributed by atoms with E-state index in [1.165, 1.54) is 24.3 Å². The van der Waals surface area contributed by atoms with E-state index in [1.54, 1.807) is 18.4 Å². The molecule has 5 atom stereocenters. The quantitative estimate of drug-likeness (QED) is 0.145. The predicted octanol–water partition coefficient (Wildman–Crippen LogP) is 5.23. The number of primary amides is 1. The van der Waals surface area contributed by atoms with Gasteiger partial charge >= 0.3 is 12.1 Å². The van der Waals surface area contributed by atoms with E-state index >= 15 is 0 Å². The van der Waals surface area contributed by atoms with Crippen LogP contribution in [0.1, 0.15) is 73.1 Å². The standard InChI is InChI=1S/C33H48N2O7/c1-23(2)20-31(38)35-19-18-25(4)21-26(5)30-22-24(3)12-8-6-10-14-29(42-33(34)40)28(37)17-16-27(36)13-9-7-11-15-32(39)41-30/h6,8,11-12,15-21,26-30,36-37H,7,9-10,13-14,22H2,1-5H3,(H2,34,40)(H,35,38)/b8-6+,15-11+,17-16+,19-18+,24-12?,25-21+. The summed E-state index contributed by atoms with van der Waals surface area (Å²) in [5, 5.41) is 23.4. The van der Waals surface area contributed by atoms with Gasteiger partial charge in [-0.05, 0) is 65.9 Å². The van der Waals surface area contributed by atoms with E-state index in [-0.39, 0.29) is 11.8 Å². The summed E-state index contributed by atoms with van der Waals surface area (Å²) in [7, 11) is 0. The van der Waals surface area contributed by atoms with Crippen LogP contribution < -0.4 is 11.1 Å². The van der Waals surface area contributed by atoms with Crippen molar-refractivity contribution in [3.05, 3.63) is 83.7 Å². The topological polar surface area (TPSA) is 148 Å². The molecule has 232 valence electrons. The third-order valence-corrected chi connectivity index (χ3v) is 6.33. The van der Waals surface area contributed by atoms with E-state index in [1.807, 2.05) is 58.9 Å². The van der Waals surface area contributed by atoms with Crippen LogP contribution in [0, 0.1) is 5.92 Å². The molecule has 0 spiro atoms. The van der Waals surface area contributed by atoms with Gasteiger partial charge in [0.2, 0.25) is 5.91 Å². The number of carbonyl (C=O) groups is 3. The predicted molar refractivity (Wildman–Crippen MR) is 165 cm³/mol. The van der Waals surface area contributed by atoms with Crippen LogP contribution in [0.15, 0.2) is 83.7 Å². The van der Waals surface area contributed by atoms with Crippen molar-refractivity contribution < 1.29 is 34.1 Å². The van der Waals surface area contributed by atoms with Crippen LogP contribution in [0.2, 0.25) is 0 Å². The van der Waals surface area contributed by atoms with Gasteiger partial charge in [0, 0.05) is 30.7 Å². The van der Waals surface area contributed by atoms with E-state index < -0.39 is 36.5 Å². The Labute approximate surface area is 250 Å². The molecule has 0 bridgehead atoms. The SMILES string of the molecule is CC(C)=CC(=O)N/C=C/C(C)=C/C(C)C1CC(C)=C/C=C/CCC(OC(N)=O)C(O)/C=C/C(O)CCC/C=C/C(=O)O1. The number of nitrogens with one attached hydrogen (secondary N) is 1. The first-order chi connectivity index (χ1) is 19.9. The molecule has 0 fully saturated rings. The summed E-state index contributed by atoms with van der Waals surface area (Å²) in [5.74, 6) is -0.764. The van der Waals surface area contributed by atoms with Crippen molar-refractivity contribution in [2.75, 3.05) is 0 Å². The van der Waals surface area contributed by atoms with Gasteiger partial charge < -0.3 is 30.7 Å². The average Bonchev–Trinajstić information content (AvgIpc) is 2.89. The molecule has 0 saturated carbocycles. The molecule has 42 heavy (non-hydrogen) atoms. The van der Waals surface area contributed by atoms with Crippen LogP contribution in [-0.4, -0.2) is 52.6 Å². The Balaban J connectivity index is 3.09. The van der Waals surface area contributed by atoms with Gasteiger partial charge in [0.15, 0.2) is 0 Å². The summed E-state index contributed by atoms with van der Waals surface area (Å²) in [6.07, 6.45) is 17.3. The zero-order valence-electron chi connectivity index (χ0n) is 25.5. The minimum Gasteiger partial charge on any atom is -0.458 e. The third-order valence-electron chi connectivity index (χ3n) is 6.33. The Morgan fingerprint density at radius 1 is 1.14 bits per heavy atom. The second kappa shape index (κ2) is 20.2. The molecular formula is C33H48N2O7. The van der Waals surface area contributed by atoms with Crippen molar-refractivity contribution in [2.24, 2.45) is 11.7 Å². The van der Waals surface area contributed by atoms with Crippen LogP contribution >= 0.6 is 0 Å². The van der Waals surface area contributed by atoms with E-state index in [4.69, 9.17) is 15.2 Å². The Morgan fingerprint density at radius 2 is 1.88 bits per heavy atom. The van der Waals surface area contributed by atoms with Crippen molar-refractivity contribution in [2.45, 2.75) is 97.6 Å². The second-order valence-corrected chi connectivity index (χ2v) is 10.8. The highest BCUT2D eigenvalue weighted by molar-refractivity contribution is 5.88. The first-order valence-corrected chi connectivity index (χ1v) is 14.4. The number of amides is 2. The lowest BCUT2D eigenvalue weighted by Crippen LogP contribution is -2.32. The molecule has 5 unspecified atom stereocenters. The number of allylic oxidation sites excluding steroid dienone is 7. The zero-order chi connectivity index (χ0) is 31.5. The number of carbonyl (C=O) groups excluding carboxylic acids is 3. The average molecular weight is 585 g/mol. The van der Waals surface area contributed by atoms with Gasteiger partial charge in [0.25, 0.3) is 0 Å². The number of hydrogen-bond acceptors (Lipinski definition) is 7. The highest BCUT2D eigenvalue weighted by Crippen LogP contribution is 2.21. The lowest BCUT2D eigenvalue weighted by atomic mass is 9.95. The Kier molecular flexibility index (Phi) is 17.5. The Bertz CT molecular complexity index is 1090. The van der Waals surface area contributed by atoms with E-state index in [0.717, 1.165) is 16.7 Å². The number of rotatable bonds is 6. The molecule has 0 aromatic heterocycles. The fraction of sp³-hybridized carbons (Fsp3) is 0.485. The van der Waals surface area contributed by atoms with Gasteiger partial charge in [0.1, 0.15) is 18.3 Å². The first-order valence-electron chi connectivity index (χ1n) is 14.4. The molecule has 0 aromatic carbocycles. The summed E-state index contributed by atoms with van der Waals surface area (Å²) in [5.41, 5.74) is 7.98. The molecule has 9 nitrogen and oxygen atoms in total. The number of esters is 1. The molecule has 9 heteroatoms. The zero-order valence-corrected chi connectivity index (χ0v) is 25.5. The molecule has 0 aliphatic carbocycles. The van der Waals surface area contributed by atoms with Crippen LogP contribution in [-0.2, 0) is 19.1 Å². The third kappa shape index (κ3) is 17.2. The summed E-state index contributed by atoms with van der Waals surface area (Å²) >= 11 is 0. The first kappa shape index (κ1) is 36.3. The van der Waals surface area contributed by atoms with E-state index in [0.29, 0.717) is 38.5 Å². The van der Waals surface area contributed by atoms with Crippen LogP contribution in [0.25, 0.3) is 0 Å². The number of nitrogens with two attached hydrogens (primary N) is 1. The maximum Gasteiger partial charge on any atom is 0.404 e. The van der Waals surface area contributed by atoms with Crippen LogP contribution in [0.5, 0.6) is 0 Å². The number of aliphatic hydroxyl groups is 2. The Morgan fingerprint density at radius 3 is 2.57 bits per heavy atom. The van der Waals surface area contributed by atoms with Gasteiger partial charge in [0.05, 0.1) is 6.10 Å². The maximum atomic E-state index is 12.6. The summed E-state index contributed by atoms with van der Waals surface area (Å²) < 4.78 is 10.9. The van der Waals surface area contributed by atoms with Crippen molar-refractivity contribution in [1.82, 2.24) is 5.32 Å². The van der Waals surface area contributed by atoms with E-state index in [9.17, 15) is 24.6 Å². The minimum atomic E-state index is -1.11. The molecule has 1 heterocycles. The Hall–Kier alpha value is -3.69. The maximum absolute atomic E-state index is 12.6. The lowest BCUT2D eigenvalue weighted by Gasteiger charge is -2.22. The molecule has 2 amide bonds. The number of ether oxygens (including phenoxy) is 2. The van der Waals surface area contributed by atoms with Gasteiger partial charge in [-0.2, -0.15) is 0 Å². The smallest absolute Gasteiger partial charge is 0.404 e. The summed E-state index contributed by atoms with van der Waals surface area (Å²) in [6, 6.07) is 0. The fourth-order valence-electron chi connectivity index (χ4n) is 4.17. The highest BCUT2D eigenvalue weighted by Gasteiger charge is 2.21. The minimum absolute atomic E-state index is 0.124. The van der Waals surface area contributed by atoms with Gasteiger partial charge in [-0.3, -0.25) is 4.79 Å². The van der Waals surface area contributed by atoms with Gasteiger partial charge in [-0.15, -0.1) is 0 Å². The van der Waals surface area contributed by atoms with Crippen molar-refractivity contribution in [3.63, 3.8) is 0 Å². The summed E-state index contributed by atoms with van der Waals surface area (Å²) in [6.45, 7) is 9.54. The lowest BCUT2D eigenvalue weighted by molar-refractivity contribution is -0.144. The molecule has 0 aromatic rings. The normalized spacial score (nSPS) is 26.6. The molecule has 0 saturated heterocycles. The van der Waals surface area contributed by atoms with Crippen molar-refractivity contribution in [1.29, 1.82) is 0 Å². The highest BCUT2D eigenvalue weighted by atomic mass is 16.6. The van der Waals surface area contributed by atoms with Gasteiger partial charge in [-0.1, -0.05) is 66.2 Å². The molecule has 1 aliphatic heterocycles. The fourth-order valence-corrected chi connectivity index (χ4v) is 4.17. The van der Waals surface area contributed by atoms with Crippen LogP contribution in [0.3, 0.4) is 0 Å². The number of aliphatic hydroxyl groups excluding tert-OH is 2. The number of cyclic esters (lactones) is 1. The number of hydrogen-bond donors (Lipinski definition) is 4. The van der Waals surface area contributed by atoms with Gasteiger partial charge in [-0.25, -0.2) is 9.59 Å². The second-order valence-electron chi connectivity index (χ2n) is 10.8. The largest absolute Gasteiger partial charge is 0.458 e. The summed E-state index contributed by atoms with van der Waals surface area (Å²) in [4.78, 5) is 35.8. The molecule has 5 N–H and O–H groups in total. The van der Waals surface area contributed by atoms with Crippen LogP contribution in [0.4, 0.5) is 4.79 Å². The van der Waals surface area contributed by atoms with Crippen molar-refractivity contribution >= 4 is 18.0 Å².